The minimum absolute atomic E-state index is 0.294. The van der Waals surface area contributed by atoms with Crippen molar-refractivity contribution >= 4 is 5.97 Å². The van der Waals surface area contributed by atoms with E-state index in [4.69, 9.17) is 5.11 Å². The number of benzene rings is 1. The van der Waals surface area contributed by atoms with E-state index >= 15 is 0 Å². The minimum Gasteiger partial charge on any atom is -0.481 e. The lowest BCUT2D eigenvalue weighted by Gasteiger charge is -2.12. The van der Waals surface area contributed by atoms with E-state index < -0.39 is 5.97 Å². The molecule has 0 saturated carbocycles. The molecule has 0 bridgehead atoms. The SMILES string of the molecule is CCCCCCc1cc(-c2ccccc2)c2n1CCC2CCCCC(=O)O. The average molecular weight is 368 g/mol. The number of unbranched alkanes of at least 4 members (excludes halogenated alkanes) is 4. The van der Waals surface area contributed by atoms with Gasteiger partial charge in [-0.15, -0.1) is 0 Å². The molecule has 0 amide bonds. The van der Waals surface area contributed by atoms with Gasteiger partial charge in [0.2, 0.25) is 0 Å². The standard InChI is InChI=1S/C24H33NO2/c1-2-3-4-8-14-21-18-22(19-11-6-5-7-12-19)24-20(16-17-25(21)24)13-9-10-15-23(26)27/h5-7,11-12,18,20H,2-4,8-10,13-17H2,1H3,(H,26,27). The van der Waals surface area contributed by atoms with E-state index in [1.54, 1.807) is 0 Å². The molecule has 1 N–H and O–H groups in total. The number of aliphatic carboxylic acids is 1. The normalized spacial score (nSPS) is 15.8. The van der Waals surface area contributed by atoms with Crippen LogP contribution in [0.4, 0.5) is 0 Å². The number of rotatable bonds is 11. The van der Waals surface area contributed by atoms with Crippen LogP contribution in [0.1, 0.15) is 82.0 Å². The smallest absolute Gasteiger partial charge is 0.303 e. The fourth-order valence-corrected chi connectivity index (χ4v) is 4.48. The number of aryl methyl sites for hydroxylation is 1. The predicted molar refractivity (Wildman–Crippen MR) is 111 cm³/mol. The van der Waals surface area contributed by atoms with E-state index in [9.17, 15) is 4.79 Å². The number of aromatic nitrogens is 1. The highest BCUT2D eigenvalue weighted by Crippen LogP contribution is 2.42. The summed E-state index contributed by atoms with van der Waals surface area (Å²) in [4.78, 5) is 10.8. The molecular formula is C24H33NO2. The van der Waals surface area contributed by atoms with E-state index in [0.717, 1.165) is 25.8 Å². The summed E-state index contributed by atoms with van der Waals surface area (Å²) in [6, 6.07) is 13.2. The Balaban J connectivity index is 1.77. The molecule has 3 rings (SSSR count). The van der Waals surface area contributed by atoms with Gasteiger partial charge in [0.05, 0.1) is 0 Å². The largest absolute Gasteiger partial charge is 0.481 e. The molecule has 0 saturated heterocycles. The van der Waals surface area contributed by atoms with Crippen molar-refractivity contribution in [1.82, 2.24) is 4.57 Å². The molecule has 0 fully saturated rings. The van der Waals surface area contributed by atoms with E-state index in [1.165, 1.54) is 61.0 Å². The van der Waals surface area contributed by atoms with Crippen LogP contribution < -0.4 is 0 Å². The van der Waals surface area contributed by atoms with Gasteiger partial charge in [-0.1, -0.05) is 62.9 Å². The molecule has 1 unspecified atom stereocenters. The number of hydrogen-bond donors (Lipinski definition) is 1. The number of hydrogen-bond acceptors (Lipinski definition) is 1. The zero-order chi connectivity index (χ0) is 19.1. The number of carboxylic acids is 1. The Hall–Kier alpha value is -2.03. The maximum atomic E-state index is 10.8. The number of nitrogens with zero attached hydrogens (tertiary/aromatic N) is 1. The number of carbonyl (C=O) groups is 1. The first-order valence-electron chi connectivity index (χ1n) is 10.7. The van der Waals surface area contributed by atoms with Gasteiger partial charge in [-0.2, -0.15) is 0 Å². The van der Waals surface area contributed by atoms with Crippen LogP contribution in [0.25, 0.3) is 11.1 Å². The lowest BCUT2D eigenvalue weighted by Crippen LogP contribution is -2.01. The number of fused-ring (bicyclic) bond motifs is 1. The predicted octanol–water partition coefficient (Wildman–Crippen LogP) is 6.41. The van der Waals surface area contributed by atoms with E-state index in [0.29, 0.717) is 12.3 Å². The molecule has 27 heavy (non-hydrogen) atoms. The van der Waals surface area contributed by atoms with Crippen molar-refractivity contribution in [3.05, 3.63) is 47.8 Å². The first-order valence-corrected chi connectivity index (χ1v) is 10.7. The fraction of sp³-hybridized carbons (Fsp3) is 0.542. The molecule has 0 aliphatic carbocycles. The van der Waals surface area contributed by atoms with Crippen molar-refractivity contribution < 1.29 is 9.90 Å². The second-order valence-corrected chi connectivity index (χ2v) is 7.89. The molecule has 1 aliphatic heterocycles. The second-order valence-electron chi connectivity index (χ2n) is 7.89. The van der Waals surface area contributed by atoms with Gasteiger partial charge in [0.25, 0.3) is 0 Å². The van der Waals surface area contributed by atoms with Crippen LogP contribution in [0, 0.1) is 0 Å². The summed E-state index contributed by atoms with van der Waals surface area (Å²) in [6.45, 7) is 3.38. The van der Waals surface area contributed by atoms with E-state index in [-0.39, 0.29) is 0 Å². The summed E-state index contributed by atoms with van der Waals surface area (Å²) in [5.74, 6) is -0.109. The monoisotopic (exact) mass is 367 g/mol. The van der Waals surface area contributed by atoms with Crippen molar-refractivity contribution in [1.29, 1.82) is 0 Å². The van der Waals surface area contributed by atoms with Gasteiger partial charge in [0, 0.05) is 35.8 Å². The summed E-state index contributed by atoms with van der Waals surface area (Å²) in [6.07, 6.45) is 10.8. The maximum Gasteiger partial charge on any atom is 0.303 e. The zero-order valence-corrected chi connectivity index (χ0v) is 16.6. The van der Waals surface area contributed by atoms with Crippen molar-refractivity contribution in [2.24, 2.45) is 0 Å². The van der Waals surface area contributed by atoms with Crippen LogP contribution in [0.15, 0.2) is 36.4 Å². The van der Waals surface area contributed by atoms with E-state index in [1.807, 2.05) is 0 Å². The Morgan fingerprint density at radius 3 is 2.67 bits per heavy atom. The van der Waals surface area contributed by atoms with Crippen LogP contribution in [0.5, 0.6) is 0 Å². The van der Waals surface area contributed by atoms with Gasteiger partial charge in [-0.3, -0.25) is 4.79 Å². The lowest BCUT2D eigenvalue weighted by molar-refractivity contribution is -0.137. The minimum atomic E-state index is -0.677. The van der Waals surface area contributed by atoms with Crippen molar-refractivity contribution in [3.8, 4) is 11.1 Å². The van der Waals surface area contributed by atoms with Crippen LogP contribution >= 0.6 is 0 Å². The zero-order valence-electron chi connectivity index (χ0n) is 16.6. The Labute approximate surface area is 163 Å². The van der Waals surface area contributed by atoms with Gasteiger partial charge in [-0.25, -0.2) is 0 Å². The molecule has 2 heterocycles. The van der Waals surface area contributed by atoms with Crippen LogP contribution in [-0.2, 0) is 17.8 Å². The number of carboxylic acid groups (broad SMARTS) is 1. The van der Waals surface area contributed by atoms with Gasteiger partial charge >= 0.3 is 5.97 Å². The van der Waals surface area contributed by atoms with Crippen molar-refractivity contribution in [2.75, 3.05) is 0 Å². The lowest BCUT2D eigenvalue weighted by atomic mass is 9.92. The van der Waals surface area contributed by atoms with Gasteiger partial charge in [0.1, 0.15) is 0 Å². The second kappa shape index (κ2) is 9.77. The third-order valence-electron chi connectivity index (χ3n) is 5.88. The Kier molecular flexibility index (Phi) is 7.14. The first kappa shape index (κ1) is 19.7. The molecule has 2 aromatic rings. The van der Waals surface area contributed by atoms with Gasteiger partial charge in [-0.05, 0) is 43.7 Å². The Morgan fingerprint density at radius 1 is 1.11 bits per heavy atom. The molecule has 146 valence electrons. The molecule has 0 spiro atoms. The molecule has 3 heteroatoms. The molecule has 1 aliphatic rings. The average Bonchev–Trinajstić information content (AvgIpc) is 3.24. The maximum absolute atomic E-state index is 10.8. The molecular weight excluding hydrogens is 334 g/mol. The highest BCUT2D eigenvalue weighted by Gasteiger charge is 2.28. The first-order chi connectivity index (χ1) is 13.2. The molecule has 3 nitrogen and oxygen atoms in total. The van der Waals surface area contributed by atoms with Crippen LogP contribution in [-0.4, -0.2) is 15.6 Å². The fourth-order valence-electron chi connectivity index (χ4n) is 4.48. The van der Waals surface area contributed by atoms with Gasteiger partial charge < -0.3 is 9.67 Å². The summed E-state index contributed by atoms with van der Waals surface area (Å²) in [5.41, 5.74) is 5.72. The third kappa shape index (κ3) is 5.03. The summed E-state index contributed by atoms with van der Waals surface area (Å²) < 4.78 is 2.58. The molecule has 1 atom stereocenters. The molecule has 1 aromatic heterocycles. The molecule has 0 radical (unpaired) electrons. The summed E-state index contributed by atoms with van der Waals surface area (Å²) in [7, 11) is 0. The molecule has 1 aromatic carbocycles. The van der Waals surface area contributed by atoms with Crippen molar-refractivity contribution in [3.63, 3.8) is 0 Å². The third-order valence-corrected chi connectivity index (χ3v) is 5.88. The van der Waals surface area contributed by atoms with Crippen molar-refractivity contribution in [2.45, 2.75) is 83.6 Å². The summed E-state index contributed by atoms with van der Waals surface area (Å²) >= 11 is 0. The highest BCUT2D eigenvalue weighted by atomic mass is 16.4. The van der Waals surface area contributed by atoms with Crippen LogP contribution in [0.2, 0.25) is 0 Å². The Morgan fingerprint density at radius 2 is 1.93 bits per heavy atom. The van der Waals surface area contributed by atoms with E-state index in [2.05, 4.69) is 47.9 Å². The highest BCUT2D eigenvalue weighted by molar-refractivity contribution is 5.69. The van der Waals surface area contributed by atoms with Gasteiger partial charge in [0.15, 0.2) is 0 Å². The Bertz CT molecular complexity index is 732. The van der Waals surface area contributed by atoms with Crippen LogP contribution in [0.3, 0.4) is 0 Å². The quantitative estimate of drug-likeness (QED) is 0.466. The topological polar surface area (TPSA) is 42.2 Å². The summed E-state index contributed by atoms with van der Waals surface area (Å²) in [5, 5.41) is 8.88.